The van der Waals surface area contributed by atoms with Crippen LogP contribution in [0, 0.1) is 0 Å². The molecule has 0 aromatic heterocycles. The van der Waals surface area contributed by atoms with Crippen molar-refractivity contribution in [3.63, 3.8) is 0 Å². The first kappa shape index (κ1) is 42.5. The molecule has 0 rings (SSSR count). The standard InChI is InChI=1S/C35H66N4O6/c1-3-5-7-9-11-13-15-17-19-24-32(41)39(33(42)25-20-18-16-14-12-10-8-6-4-2)30(26-27-31(37)40)34(43)38-29(35(44)45)23-21-22-28-36/h29-30H,3-28,36H2,1-2H3,(H2,37,40)(H,38,43)(H,44,45)/t29-,30-/m0/s1. The van der Waals surface area contributed by atoms with Crippen LogP contribution in [-0.2, 0) is 24.0 Å². The summed E-state index contributed by atoms with van der Waals surface area (Å²) in [7, 11) is 0. The Balaban J connectivity index is 5.49. The number of hydrogen-bond acceptors (Lipinski definition) is 6. The van der Waals surface area contributed by atoms with Gasteiger partial charge in [-0.3, -0.25) is 24.1 Å². The van der Waals surface area contributed by atoms with E-state index < -0.39 is 41.7 Å². The third kappa shape index (κ3) is 22.6. The van der Waals surface area contributed by atoms with E-state index in [4.69, 9.17) is 11.5 Å². The molecule has 10 heteroatoms. The lowest BCUT2D eigenvalue weighted by atomic mass is 10.0. The van der Waals surface area contributed by atoms with Crippen molar-refractivity contribution in [3.8, 4) is 0 Å². The van der Waals surface area contributed by atoms with E-state index in [1.807, 2.05) is 0 Å². The number of imide groups is 1. The first-order valence-electron chi connectivity index (χ1n) is 18.1. The minimum absolute atomic E-state index is 0.110. The van der Waals surface area contributed by atoms with Crippen LogP contribution in [0.2, 0.25) is 0 Å². The van der Waals surface area contributed by atoms with Crippen LogP contribution >= 0.6 is 0 Å². The predicted octanol–water partition coefficient (Wildman–Crippen LogP) is 6.52. The van der Waals surface area contributed by atoms with Gasteiger partial charge < -0.3 is 21.9 Å². The second kappa shape index (κ2) is 28.9. The van der Waals surface area contributed by atoms with E-state index in [1.54, 1.807) is 0 Å². The van der Waals surface area contributed by atoms with E-state index in [0.717, 1.165) is 43.4 Å². The van der Waals surface area contributed by atoms with Gasteiger partial charge in [-0.2, -0.15) is 0 Å². The van der Waals surface area contributed by atoms with Crippen LogP contribution in [0.1, 0.15) is 174 Å². The van der Waals surface area contributed by atoms with E-state index in [9.17, 15) is 29.1 Å². The number of rotatable bonds is 31. The molecule has 0 unspecified atom stereocenters. The lowest BCUT2D eigenvalue weighted by molar-refractivity contribution is -0.153. The van der Waals surface area contributed by atoms with Crippen LogP contribution in [0.5, 0.6) is 0 Å². The summed E-state index contributed by atoms with van der Waals surface area (Å²) in [5.41, 5.74) is 10.9. The van der Waals surface area contributed by atoms with E-state index in [0.29, 0.717) is 32.2 Å². The smallest absolute Gasteiger partial charge is 0.326 e. The number of carbonyl (C=O) groups is 5. The lowest BCUT2D eigenvalue weighted by Gasteiger charge is -2.30. The Morgan fingerprint density at radius 2 is 1.02 bits per heavy atom. The number of nitrogens with zero attached hydrogens (tertiary/aromatic N) is 1. The summed E-state index contributed by atoms with van der Waals surface area (Å²) in [6, 6.07) is -2.49. The van der Waals surface area contributed by atoms with E-state index in [-0.39, 0.29) is 32.1 Å². The fourth-order valence-corrected chi connectivity index (χ4v) is 5.58. The molecule has 0 aliphatic rings. The third-order valence-electron chi connectivity index (χ3n) is 8.37. The minimum Gasteiger partial charge on any atom is -0.480 e. The van der Waals surface area contributed by atoms with Crippen molar-refractivity contribution in [1.29, 1.82) is 0 Å². The molecule has 0 aliphatic heterocycles. The van der Waals surface area contributed by atoms with Gasteiger partial charge >= 0.3 is 5.97 Å². The largest absolute Gasteiger partial charge is 0.480 e. The second-order valence-electron chi connectivity index (χ2n) is 12.5. The molecule has 0 spiro atoms. The van der Waals surface area contributed by atoms with Crippen LogP contribution in [0.25, 0.3) is 0 Å². The number of carboxylic acids is 1. The SMILES string of the molecule is CCCCCCCCCCCC(=O)N(C(=O)CCCCCCCCCCC)[C@@H](CCC(N)=O)C(=O)N[C@@H](CCCCN)C(=O)O. The van der Waals surface area contributed by atoms with Crippen LogP contribution in [0.3, 0.4) is 0 Å². The maximum Gasteiger partial charge on any atom is 0.326 e. The Bertz CT molecular complexity index is 788. The highest BCUT2D eigenvalue weighted by Gasteiger charge is 2.36. The molecule has 10 nitrogen and oxygen atoms in total. The molecule has 262 valence electrons. The number of aliphatic carboxylic acids is 1. The molecule has 6 N–H and O–H groups in total. The number of unbranched alkanes of at least 4 members (excludes halogenated alkanes) is 17. The molecule has 4 amide bonds. The fourth-order valence-electron chi connectivity index (χ4n) is 5.58. The van der Waals surface area contributed by atoms with Gasteiger partial charge in [0.15, 0.2) is 0 Å². The van der Waals surface area contributed by atoms with Crippen LogP contribution in [0.15, 0.2) is 0 Å². The Hall–Kier alpha value is -2.49. The summed E-state index contributed by atoms with van der Waals surface area (Å²) < 4.78 is 0. The van der Waals surface area contributed by atoms with Crippen molar-refractivity contribution in [3.05, 3.63) is 0 Å². The molecule has 45 heavy (non-hydrogen) atoms. The quantitative estimate of drug-likeness (QED) is 0.0626. The molecular formula is C35H66N4O6. The Labute approximate surface area is 273 Å². The van der Waals surface area contributed by atoms with Gasteiger partial charge in [-0.05, 0) is 45.1 Å². The number of amides is 4. The molecule has 0 saturated carbocycles. The zero-order valence-electron chi connectivity index (χ0n) is 28.6. The maximum absolute atomic E-state index is 13.6. The maximum atomic E-state index is 13.6. The van der Waals surface area contributed by atoms with Crippen molar-refractivity contribution in [2.24, 2.45) is 11.5 Å². The van der Waals surface area contributed by atoms with Gasteiger partial charge in [0.05, 0.1) is 0 Å². The average molecular weight is 639 g/mol. The monoisotopic (exact) mass is 638 g/mol. The number of carboxylic acid groups (broad SMARTS) is 1. The van der Waals surface area contributed by atoms with Crippen LogP contribution < -0.4 is 16.8 Å². The van der Waals surface area contributed by atoms with Gasteiger partial charge in [0.25, 0.3) is 0 Å². The zero-order valence-corrected chi connectivity index (χ0v) is 28.6. The zero-order chi connectivity index (χ0) is 33.7. The van der Waals surface area contributed by atoms with Crippen molar-refractivity contribution >= 4 is 29.6 Å². The highest BCUT2D eigenvalue weighted by molar-refractivity contribution is 6.01. The molecule has 0 radical (unpaired) electrons. The first-order valence-corrected chi connectivity index (χ1v) is 18.1. The summed E-state index contributed by atoms with van der Waals surface area (Å²) in [5.74, 6) is -3.54. The van der Waals surface area contributed by atoms with Gasteiger partial charge in [0.2, 0.25) is 23.6 Å². The van der Waals surface area contributed by atoms with Gasteiger partial charge in [0, 0.05) is 19.3 Å². The summed E-state index contributed by atoms with van der Waals surface area (Å²) in [6.45, 7) is 4.78. The van der Waals surface area contributed by atoms with Crippen molar-refractivity contribution in [2.45, 2.75) is 186 Å². The highest BCUT2D eigenvalue weighted by Crippen LogP contribution is 2.18. The molecule has 0 heterocycles. The summed E-state index contributed by atoms with van der Waals surface area (Å²) in [6.07, 6.45) is 20.4. The fraction of sp³-hybridized carbons (Fsp3) is 0.857. The Kier molecular flexibility index (Phi) is 27.3. The molecule has 2 atom stereocenters. The van der Waals surface area contributed by atoms with Gasteiger partial charge in [-0.15, -0.1) is 0 Å². The molecule has 0 bridgehead atoms. The topological polar surface area (TPSA) is 173 Å². The lowest BCUT2D eigenvalue weighted by Crippen LogP contribution is -2.55. The van der Waals surface area contributed by atoms with Crippen molar-refractivity contribution in [2.75, 3.05) is 6.54 Å². The third-order valence-corrected chi connectivity index (χ3v) is 8.37. The summed E-state index contributed by atoms with van der Waals surface area (Å²) >= 11 is 0. The first-order chi connectivity index (χ1) is 21.7. The molecule has 0 aliphatic carbocycles. The Morgan fingerprint density at radius 3 is 1.40 bits per heavy atom. The van der Waals surface area contributed by atoms with E-state index in [1.165, 1.54) is 64.2 Å². The van der Waals surface area contributed by atoms with Gasteiger partial charge in [0.1, 0.15) is 12.1 Å². The van der Waals surface area contributed by atoms with E-state index >= 15 is 0 Å². The van der Waals surface area contributed by atoms with Crippen molar-refractivity contribution in [1.82, 2.24) is 10.2 Å². The number of hydrogen-bond donors (Lipinski definition) is 4. The highest BCUT2D eigenvalue weighted by atomic mass is 16.4. The van der Waals surface area contributed by atoms with E-state index in [2.05, 4.69) is 19.2 Å². The minimum atomic E-state index is -1.30. The summed E-state index contributed by atoms with van der Waals surface area (Å²) in [5, 5.41) is 12.2. The Morgan fingerprint density at radius 1 is 0.600 bits per heavy atom. The molecule has 0 aromatic rings. The van der Waals surface area contributed by atoms with Gasteiger partial charge in [-0.1, -0.05) is 117 Å². The number of nitrogens with one attached hydrogen (secondary N) is 1. The molecule has 0 saturated heterocycles. The number of primary amides is 1. The van der Waals surface area contributed by atoms with Gasteiger partial charge in [-0.25, -0.2) is 4.79 Å². The number of carbonyl (C=O) groups excluding carboxylic acids is 4. The molecular weight excluding hydrogens is 572 g/mol. The predicted molar refractivity (Wildman–Crippen MR) is 180 cm³/mol. The number of nitrogens with two attached hydrogens (primary N) is 2. The van der Waals surface area contributed by atoms with Crippen molar-refractivity contribution < 1.29 is 29.1 Å². The normalized spacial score (nSPS) is 12.4. The van der Waals surface area contributed by atoms with Crippen LogP contribution in [0.4, 0.5) is 0 Å². The van der Waals surface area contributed by atoms with Crippen LogP contribution in [-0.4, -0.2) is 58.2 Å². The average Bonchev–Trinajstić information content (AvgIpc) is 3.00. The molecule has 0 fully saturated rings. The molecule has 0 aromatic carbocycles. The second-order valence-corrected chi connectivity index (χ2v) is 12.5. The summed E-state index contributed by atoms with van der Waals surface area (Å²) in [4.78, 5) is 65.2.